The first kappa shape index (κ1) is 15.2. The van der Waals surface area contributed by atoms with Crippen LogP contribution in [0.5, 0.6) is 0 Å². The first-order valence-corrected chi connectivity index (χ1v) is 8.63. The second kappa shape index (κ2) is 5.65. The van der Waals surface area contributed by atoms with Crippen molar-refractivity contribution in [1.29, 1.82) is 0 Å². The second-order valence-electron chi connectivity index (χ2n) is 7.10. The molecule has 1 saturated carbocycles. The number of hydrogen-bond acceptors (Lipinski definition) is 3. The summed E-state index contributed by atoms with van der Waals surface area (Å²) in [7, 11) is 0. The predicted molar refractivity (Wildman–Crippen MR) is 86.2 cm³/mol. The number of aromatic nitrogens is 1. The molecule has 3 amide bonds. The van der Waals surface area contributed by atoms with Gasteiger partial charge in [0.2, 0.25) is 5.91 Å². The van der Waals surface area contributed by atoms with E-state index in [0.717, 1.165) is 25.7 Å². The summed E-state index contributed by atoms with van der Waals surface area (Å²) in [6.07, 6.45) is 6.07. The number of nitrogens with one attached hydrogen (secondary N) is 1. The maximum Gasteiger partial charge on any atom is 0.265 e. The van der Waals surface area contributed by atoms with Crippen molar-refractivity contribution in [2.75, 3.05) is 13.1 Å². The summed E-state index contributed by atoms with van der Waals surface area (Å²) in [4.78, 5) is 42.8. The fourth-order valence-electron chi connectivity index (χ4n) is 4.15. The van der Waals surface area contributed by atoms with E-state index in [1.54, 1.807) is 0 Å². The molecule has 2 unspecified atom stereocenters. The minimum atomic E-state index is -0.571. The van der Waals surface area contributed by atoms with Gasteiger partial charge in [0.25, 0.3) is 11.8 Å². The molecule has 3 aliphatic rings. The number of nitrogens with zero attached hydrogens (tertiary/aromatic N) is 2. The van der Waals surface area contributed by atoms with Gasteiger partial charge in [0, 0.05) is 37.8 Å². The Kier molecular flexibility index (Phi) is 3.58. The molecule has 2 atom stereocenters. The lowest BCUT2D eigenvalue weighted by Gasteiger charge is -2.47. The topological polar surface area (TPSA) is 99.5 Å². The van der Waals surface area contributed by atoms with Crippen molar-refractivity contribution in [2.24, 2.45) is 11.7 Å². The summed E-state index contributed by atoms with van der Waals surface area (Å²) in [5.74, 6) is -0.00323. The predicted octanol–water partition coefficient (Wildman–Crippen LogP) is 0.729. The average molecular weight is 330 g/mol. The highest BCUT2D eigenvalue weighted by atomic mass is 16.2. The number of hydrogen-bond donors (Lipinski definition) is 2. The second-order valence-corrected chi connectivity index (χ2v) is 7.10. The smallest absolute Gasteiger partial charge is 0.265 e. The Morgan fingerprint density at radius 3 is 2.67 bits per heavy atom. The molecule has 3 fully saturated rings. The number of fused-ring (bicyclic) bond motifs is 1. The quantitative estimate of drug-likeness (QED) is 0.854. The van der Waals surface area contributed by atoms with E-state index < -0.39 is 5.91 Å². The fourth-order valence-corrected chi connectivity index (χ4v) is 4.15. The van der Waals surface area contributed by atoms with Crippen LogP contribution in [-0.2, 0) is 4.79 Å². The molecule has 0 aromatic carbocycles. The molecule has 2 aliphatic heterocycles. The van der Waals surface area contributed by atoms with E-state index in [-0.39, 0.29) is 23.6 Å². The molecule has 0 bridgehead atoms. The van der Waals surface area contributed by atoms with E-state index in [4.69, 9.17) is 5.73 Å². The van der Waals surface area contributed by atoms with Gasteiger partial charge in [0.1, 0.15) is 5.69 Å². The molecule has 2 saturated heterocycles. The van der Waals surface area contributed by atoms with Crippen molar-refractivity contribution in [3.63, 3.8) is 0 Å². The van der Waals surface area contributed by atoms with E-state index in [1.807, 2.05) is 4.90 Å². The van der Waals surface area contributed by atoms with Crippen LogP contribution in [0.4, 0.5) is 0 Å². The van der Waals surface area contributed by atoms with Crippen LogP contribution in [0.15, 0.2) is 12.3 Å². The van der Waals surface area contributed by atoms with Crippen LogP contribution in [-0.4, -0.2) is 57.7 Å². The number of piperidine rings is 2. The van der Waals surface area contributed by atoms with Crippen molar-refractivity contribution in [3.8, 4) is 0 Å². The number of carbonyl (C=O) groups is 3. The molecule has 3 N–H and O–H groups in total. The van der Waals surface area contributed by atoms with E-state index in [9.17, 15) is 14.4 Å². The lowest BCUT2D eigenvalue weighted by atomic mass is 9.83. The van der Waals surface area contributed by atoms with Crippen molar-refractivity contribution in [2.45, 2.75) is 44.2 Å². The highest BCUT2D eigenvalue weighted by molar-refractivity contribution is 5.98. The van der Waals surface area contributed by atoms with Crippen LogP contribution in [0.25, 0.3) is 0 Å². The lowest BCUT2D eigenvalue weighted by molar-refractivity contribution is -0.141. The fraction of sp³-hybridized carbons (Fsp3) is 0.588. The highest BCUT2D eigenvalue weighted by Gasteiger charge is 2.45. The Bertz CT molecular complexity index is 694. The summed E-state index contributed by atoms with van der Waals surface area (Å²) in [5.41, 5.74) is 5.94. The first-order valence-electron chi connectivity index (χ1n) is 8.63. The van der Waals surface area contributed by atoms with Gasteiger partial charge in [-0.25, -0.2) is 0 Å². The average Bonchev–Trinajstić information content (AvgIpc) is 3.28. The van der Waals surface area contributed by atoms with Crippen LogP contribution in [0.3, 0.4) is 0 Å². The summed E-state index contributed by atoms with van der Waals surface area (Å²) in [6.45, 7) is 1.32. The minimum absolute atomic E-state index is 0.0768. The van der Waals surface area contributed by atoms with Gasteiger partial charge in [0.05, 0.1) is 5.56 Å². The van der Waals surface area contributed by atoms with Gasteiger partial charge in [-0.2, -0.15) is 0 Å². The molecule has 0 radical (unpaired) electrons. The monoisotopic (exact) mass is 330 g/mol. The van der Waals surface area contributed by atoms with Crippen LogP contribution in [0, 0.1) is 5.92 Å². The van der Waals surface area contributed by atoms with Gasteiger partial charge in [-0.3, -0.25) is 14.4 Å². The molecular formula is C17H22N4O3. The van der Waals surface area contributed by atoms with Gasteiger partial charge in [-0.15, -0.1) is 0 Å². The Hall–Kier alpha value is -2.31. The molecule has 1 aliphatic carbocycles. The van der Waals surface area contributed by atoms with Gasteiger partial charge >= 0.3 is 0 Å². The number of aromatic amines is 1. The Balaban J connectivity index is 1.46. The Morgan fingerprint density at radius 1 is 1.21 bits per heavy atom. The normalized spacial score (nSPS) is 27.1. The zero-order chi connectivity index (χ0) is 16.8. The zero-order valence-electron chi connectivity index (χ0n) is 13.5. The lowest BCUT2D eigenvalue weighted by Crippen LogP contribution is -2.57. The van der Waals surface area contributed by atoms with Crippen LogP contribution >= 0.6 is 0 Å². The molecule has 24 heavy (non-hydrogen) atoms. The third-order valence-electron chi connectivity index (χ3n) is 5.49. The third-order valence-corrected chi connectivity index (χ3v) is 5.49. The van der Waals surface area contributed by atoms with E-state index in [1.165, 1.54) is 12.3 Å². The van der Waals surface area contributed by atoms with Crippen molar-refractivity contribution < 1.29 is 14.4 Å². The largest absolute Gasteiger partial charge is 0.364 e. The molecule has 128 valence electrons. The van der Waals surface area contributed by atoms with Crippen molar-refractivity contribution >= 4 is 17.7 Å². The number of carbonyl (C=O) groups excluding carboxylic acids is 3. The number of likely N-dealkylation sites (tertiary alicyclic amines) is 2. The molecule has 3 heterocycles. The van der Waals surface area contributed by atoms with E-state index in [0.29, 0.717) is 37.0 Å². The van der Waals surface area contributed by atoms with Gasteiger partial charge in [-0.1, -0.05) is 0 Å². The van der Waals surface area contributed by atoms with Crippen LogP contribution in [0.2, 0.25) is 0 Å². The van der Waals surface area contributed by atoms with Gasteiger partial charge in [0.15, 0.2) is 0 Å². The molecule has 7 heteroatoms. The maximum atomic E-state index is 12.7. The summed E-state index contributed by atoms with van der Waals surface area (Å²) >= 11 is 0. The summed E-state index contributed by atoms with van der Waals surface area (Å²) < 4.78 is 0. The molecule has 1 aromatic rings. The number of primary amides is 1. The maximum absolute atomic E-state index is 12.7. The van der Waals surface area contributed by atoms with Crippen molar-refractivity contribution in [3.05, 3.63) is 23.5 Å². The third kappa shape index (κ3) is 2.57. The molecule has 7 nitrogen and oxygen atoms in total. The van der Waals surface area contributed by atoms with E-state index >= 15 is 0 Å². The van der Waals surface area contributed by atoms with Gasteiger partial charge < -0.3 is 20.5 Å². The van der Waals surface area contributed by atoms with Gasteiger partial charge in [-0.05, 0) is 37.7 Å². The molecular weight excluding hydrogens is 308 g/mol. The Morgan fingerprint density at radius 2 is 2.00 bits per heavy atom. The standard InChI is InChI=1S/C17H22N4O3/c18-16(23)13-7-11(8-19-13)17(24)20-6-5-14-10(9-20)1-4-15(22)21(14)12-2-3-12/h7-8,10,12,14,19H,1-6,9H2,(H2,18,23). The summed E-state index contributed by atoms with van der Waals surface area (Å²) in [5, 5.41) is 0. The number of nitrogens with two attached hydrogens (primary N) is 1. The number of rotatable bonds is 3. The van der Waals surface area contributed by atoms with Crippen LogP contribution in [0.1, 0.15) is 53.0 Å². The zero-order valence-corrected chi connectivity index (χ0v) is 13.5. The SMILES string of the molecule is NC(=O)c1cc(C(=O)N2CCC3C(CCC(=O)N3C3CC3)C2)c[nH]1. The summed E-state index contributed by atoms with van der Waals surface area (Å²) in [6, 6.07) is 2.24. The van der Waals surface area contributed by atoms with Crippen molar-refractivity contribution in [1.82, 2.24) is 14.8 Å². The Labute approximate surface area is 140 Å². The first-order chi connectivity index (χ1) is 11.5. The minimum Gasteiger partial charge on any atom is -0.364 e. The molecule has 0 spiro atoms. The number of amides is 3. The van der Waals surface area contributed by atoms with Crippen LogP contribution < -0.4 is 5.73 Å². The molecule has 4 rings (SSSR count). The highest BCUT2D eigenvalue weighted by Crippen LogP contribution is 2.39. The number of H-pyrrole nitrogens is 1. The molecule has 1 aromatic heterocycles. The van der Waals surface area contributed by atoms with E-state index in [2.05, 4.69) is 9.88 Å².